The molecule has 0 amide bonds. The maximum Gasteiger partial charge on any atom is 0.257 e. The van der Waals surface area contributed by atoms with E-state index in [1.165, 1.54) is 5.56 Å². The van der Waals surface area contributed by atoms with E-state index in [1.54, 1.807) is 0 Å². The molecule has 0 radical (unpaired) electrons. The highest BCUT2D eigenvalue weighted by molar-refractivity contribution is 5.51. The molecule has 2 aromatic carbocycles. The van der Waals surface area contributed by atoms with Crippen LogP contribution in [0, 0.1) is 0 Å². The minimum atomic E-state index is 0.291. The van der Waals surface area contributed by atoms with Crippen LogP contribution in [0.3, 0.4) is 0 Å². The van der Waals surface area contributed by atoms with Gasteiger partial charge in [0, 0.05) is 25.3 Å². The van der Waals surface area contributed by atoms with Crippen LogP contribution in [0.2, 0.25) is 0 Å². The Morgan fingerprint density at radius 2 is 1.73 bits per heavy atom. The highest BCUT2D eigenvalue weighted by Gasteiger charge is 2.21. The van der Waals surface area contributed by atoms with Gasteiger partial charge in [0.1, 0.15) is 0 Å². The Bertz CT molecular complexity index is 798. The van der Waals surface area contributed by atoms with Crippen LogP contribution >= 0.6 is 0 Å². The van der Waals surface area contributed by atoms with Gasteiger partial charge < -0.3 is 9.26 Å². The van der Waals surface area contributed by atoms with Gasteiger partial charge >= 0.3 is 0 Å². The van der Waals surface area contributed by atoms with Crippen molar-refractivity contribution in [3.8, 4) is 11.5 Å². The Hall–Kier alpha value is -2.50. The van der Waals surface area contributed by atoms with Gasteiger partial charge in [-0.1, -0.05) is 53.7 Å². The Kier molecular flexibility index (Phi) is 5.38. The van der Waals surface area contributed by atoms with Gasteiger partial charge in [-0.05, 0) is 30.5 Å². The first-order valence-corrected chi connectivity index (χ1v) is 9.13. The second-order valence-electron chi connectivity index (χ2n) is 6.67. The summed E-state index contributed by atoms with van der Waals surface area (Å²) in [6.07, 6.45) is 2.55. The molecule has 26 heavy (non-hydrogen) atoms. The number of ether oxygens (including phenoxy) is 1. The molecular weight excluding hydrogens is 326 g/mol. The molecule has 5 heteroatoms. The average molecular weight is 349 g/mol. The molecule has 4 rings (SSSR count). The molecule has 1 saturated heterocycles. The fraction of sp³-hybridized carbons (Fsp3) is 0.333. The molecule has 1 atom stereocenters. The molecule has 0 spiro atoms. The van der Waals surface area contributed by atoms with E-state index in [4.69, 9.17) is 9.26 Å². The molecule has 134 valence electrons. The van der Waals surface area contributed by atoms with E-state index < -0.39 is 0 Å². The molecule has 1 aliphatic rings. The van der Waals surface area contributed by atoms with Crippen LogP contribution in [0.15, 0.2) is 65.2 Å². The van der Waals surface area contributed by atoms with Gasteiger partial charge in [0.25, 0.3) is 5.89 Å². The van der Waals surface area contributed by atoms with Crippen LogP contribution in [0.4, 0.5) is 0 Å². The highest BCUT2D eigenvalue weighted by atomic mass is 16.5. The molecule has 2 heterocycles. The summed E-state index contributed by atoms with van der Waals surface area (Å²) >= 11 is 0. The van der Waals surface area contributed by atoms with Crippen LogP contribution in [-0.4, -0.2) is 34.3 Å². The van der Waals surface area contributed by atoms with E-state index >= 15 is 0 Å². The van der Waals surface area contributed by atoms with Crippen LogP contribution in [0.5, 0.6) is 0 Å². The normalized spacial score (nSPS) is 17.0. The summed E-state index contributed by atoms with van der Waals surface area (Å²) in [5.41, 5.74) is 2.22. The maximum atomic E-state index is 5.83. The fourth-order valence-electron chi connectivity index (χ4n) is 3.32. The van der Waals surface area contributed by atoms with Gasteiger partial charge in [-0.15, -0.1) is 0 Å². The van der Waals surface area contributed by atoms with Crippen molar-refractivity contribution in [3.63, 3.8) is 0 Å². The largest absolute Gasteiger partial charge is 0.377 e. The fourth-order valence-corrected chi connectivity index (χ4v) is 3.32. The number of nitrogens with zero attached hydrogens (tertiary/aromatic N) is 3. The number of benzene rings is 2. The summed E-state index contributed by atoms with van der Waals surface area (Å²) < 4.78 is 11.3. The molecule has 0 N–H and O–H groups in total. The smallest absolute Gasteiger partial charge is 0.257 e. The van der Waals surface area contributed by atoms with Crippen molar-refractivity contribution in [2.75, 3.05) is 13.2 Å². The molecule has 0 saturated carbocycles. The minimum Gasteiger partial charge on any atom is -0.377 e. The minimum absolute atomic E-state index is 0.291. The van der Waals surface area contributed by atoms with E-state index in [0.717, 1.165) is 38.1 Å². The van der Waals surface area contributed by atoms with E-state index in [-0.39, 0.29) is 0 Å². The molecule has 5 nitrogen and oxygen atoms in total. The molecule has 0 aliphatic carbocycles. The lowest BCUT2D eigenvalue weighted by atomic mass is 10.2. The Morgan fingerprint density at radius 1 is 0.962 bits per heavy atom. The maximum absolute atomic E-state index is 5.83. The van der Waals surface area contributed by atoms with Crippen LogP contribution in [0.1, 0.15) is 24.2 Å². The van der Waals surface area contributed by atoms with Gasteiger partial charge in [-0.2, -0.15) is 4.98 Å². The summed E-state index contributed by atoms with van der Waals surface area (Å²) in [5.74, 6) is 1.27. The molecule has 1 fully saturated rings. The van der Waals surface area contributed by atoms with Crippen molar-refractivity contribution in [2.24, 2.45) is 0 Å². The van der Waals surface area contributed by atoms with E-state index in [2.05, 4.69) is 39.3 Å². The molecule has 1 aliphatic heterocycles. The van der Waals surface area contributed by atoms with Gasteiger partial charge in [0.2, 0.25) is 0 Å². The zero-order valence-corrected chi connectivity index (χ0v) is 14.8. The number of aromatic nitrogens is 2. The first kappa shape index (κ1) is 16.9. The summed E-state index contributed by atoms with van der Waals surface area (Å²) in [5, 5.41) is 4.18. The Balaban J connectivity index is 1.47. The van der Waals surface area contributed by atoms with Crippen molar-refractivity contribution in [1.29, 1.82) is 0 Å². The van der Waals surface area contributed by atoms with Crippen LogP contribution < -0.4 is 0 Å². The second kappa shape index (κ2) is 8.25. The van der Waals surface area contributed by atoms with Crippen LogP contribution in [-0.2, 0) is 17.8 Å². The van der Waals surface area contributed by atoms with Crippen molar-refractivity contribution >= 4 is 0 Å². The van der Waals surface area contributed by atoms with Crippen LogP contribution in [0.25, 0.3) is 11.5 Å². The lowest BCUT2D eigenvalue weighted by molar-refractivity contribution is 0.0667. The molecule has 3 aromatic rings. The SMILES string of the molecule is c1ccc(CN(Cc2noc(-c3ccccc3)n2)CC2CCCO2)cc1. The van der Waals surface area contributed by atoms with Crippen molar-refractivity contribution in [2.45, 2.75) is 32.0 Å². The third-order valence-electron chi connectivity index (χ3n) is 4.59. The van der Waals surface area contributed by atoms with E-state index in [0.29, 0.717) is 24.4 Å². The summed E-state index contributed by atoms with van der Waals surface area (Å²) in [4.78, 5) is 6.91. The van der Waals surface area contributed by atoms with Gasteiger partial charge in [0.15, 0.2) is 5.82 Å². The molecule has 1 aromatic heterocycles. The summed E-state index contributed by atoms with van der Waals surface area (Å²) in [6.45, 7) is 3.23. The zero-order valence-electron chi connectivity index (χ0n) is 14.8. The Morgan fingerprint density at radius 3 is 2.46 bits per heavy atom. The first-order valence-electron chi connectivity index (χ1n) is 9.13. The van der Waals surface area contributed by atoms with Gasteiger partial charge in [-0.25, -0.2) is 0 Å². The lowest BCUT2D eigenvalue weighted by Gasteiger charge is -2.24. The summed E-state index contributed by atoms with van der Waals surface area (Å²) in [6, 6.07) is 20.3. The number of rotatable bonds is 7. The number of hydrogen-bond donors (Lipinski definition) is 0. The van der Waals surface area contributed by atoms with Crippen molar-refractivity contribution in [3.05, 3.63) is 72.1 Å². The number of hydrogen-bond acceptors (Lipinski definition) is 5. The van der Waals surface area contributed by atoms with Crippen molar-refractivity contribution in [1.82, 2.24) is 15.0 Å². The quantitative estimate of drug-likeness (QED) is 0.647. The second-order valence-corrected chi connectivity index (χ2v) is 6.67. The van der Waals surface area contributed by atoms with Gasteiger partial charge in [-0.3, -0.25) is 4.90 Å². The predicted octanol–water partition coefficient (Wildman–Crippen LogP) is 3.92. The molecule has 0 bridgehead atoms. The van der Waals surface area contributed by atoms with E-state index in [1.807, 2.05) is 36.4 Å². The van der Waals surface area contributed by atoms with E-state index in [9.17, 15) is 0 Å². The van der Waals surface area contributed by atoms with Crippen molar-refractivity contribution < 1.29 is 9.26 Å². The molecule has 1 unspecified atom stereocenters. The molecular formula is C21H23N3O2. The lowest BCUT2D eigenvalue weighted by Crippen LogP contribution is -2.31. The first-order chi connectivity index (χ1) is 12.9. The standard InChI is InChI=1S/C21H23N3O2/c1-3-8-17(9-4-1)14-24(15-19-12-7-13-25-19)16-20-22-21(26-23-20)18-10-5-2-6-11-18/h1-6,8-11,19H,7,12-16H2. The topological polar surface area (TPSA) is 51.4 Å². The third-order valence-corrected chi connectivity index (χ3v) is 4.59. The summed E-state index contributed by atoms with van der Waals surface area (Å²) in [7, 11) is 0. The average Bonchev–Trinajstić information content (AvgIpc) is 3.35. The monoisotopic (exact) mass is 349 g/mol. The Labute approximate surface area is 153 Å². The third kappa shape index (κ3) is 4.36. The predicted molar refractivity (Wildman–Crippen MR) is 99.3 cm³/mol. The van der Waals surface area contributed by atoms with Gasteiger partial charge in [0.05, 0.1) is 12.6 Å². The zero-order chi connectivity index (χ0) is 17.6. The highest BCUT2D eigenvalue weighted by Crippen LogP contribution is 2.19.